The predicted octanol–water partition coefficient (Wildman–Crippen LogP) is 1.23. The Morgan fingerprint density at radius 3 is 2.34 bits per heavy atom. The second-order valence-electron chi connectivity index (χ2n) is 10.2. The Labute approximate surface area is 255 Å². The van der Waals surface area contributed by atoms with Gasteiger partial charge in [0.1, 0.15) is 6.54 Å². The molecule has 2 aromatic rings. The lowest BCUT2D eigenvalue weighted by Gasteiger charge is -2.36. The van der Waals surface area contributed by atoms with Crippen LogP contribution in [0.5, 0.6) is 5.75 Å². The summed E-state index contributed by atoms with van der Waals surface area (Å²) in [6.45, 7) is 4.15. The number of rotatable bonds is 11. The first-order chi connectivity index (χ1) is 20.7. The summed E-state index contributed by atoms with van der Waals surface area (Å²) in [5, 5.41) is 10.2. The van der Waals surface area contributed by atoms with Crippen LogP contribution in [0.1, 0.15) is 48.2 Å². The molecule has 0 aromatic heterocycles. The number of nitrogens with one attached hydrogen (secondary N) is 2. The zero-order valence-corrected chi connectivity index (χ0v) is 25.9. The number of carboxylic acids is 1. The second-order valence-corrected chi connectivity index (χ2v) is 13.1. The van der Waals surface area contributed by atoms with E-state index in [0.717, 1.165) is 0 Å². The van der Waals surface area contributed by atoms with Crippen LogP contribution in [0.2, 0.25) is 0 Å². The minimum Gasteiger partial charge on any atom is -0.481 e. The molecule has 2 unspecified atom stereocenters. The molecule has 1 amide bonds. The number of anilines is 1. The molecule has 1 heterocycles. The van der Waals surface area contributed by atoms with Gasteiger partial charge in [0.2, 0.25) is 5.25 Å². The Morgan fingerprint density at radius 2 is 1.73 bits per heavy atom. The maximum absolute atomic E-state index is 13.7. The van der Waals surface area contributed by atoms with E-state index in [9.17, 15) is 35.5 Å². The number of fused-ring (bicyclic) bond motifs is 2. The van der Waals surface area contributed by atoms with Crippen molar-refractivity contribution in [2.24, 2.45) is 0 Å². The summed E-state index contributed by atoms with van der Waals surface area (Å²) in [5.74, 6) is -1.82. The maximum Gasteiger partial charge on any atom is 0.303 e. The molecule has 2 aromatic carbocycles. The van der Waals surface area contributed by atoms with Crippen LogP contribution < -0.4 is 15.0 Å². The van der Waals surface area contributed by atoms with Crippen molar-refractivity contribution in [1.82, 2.24) is 4.90 Å². The first kappa shape index (κ1) is 32.9. The van der Waals surface area contributed by atoms with Gasteiger partial charge in [0.25, 0.3) is 26.1 Å². The summed E-state index contributed by atoms with van der Waals surface area (Å²) in [5.41, 5.74) is 1.23. The SMILES string of the molecule is CCNc1ccc2c(c1S(=O)(=O)O)OC1C(=C2c2ccccc2C(=O)N(C)CCCC(=O)O)C=CC(=[NH+]CC)C1S(=O)(=O)O. The van der Waals surface area contributed by atoms with Gasteiger partial charge in [-0.25, -0.2) is 4.99 Å². The molecule has 1 aliphatic heterocycles. The van der Waals surface area contributed by atoms with Crippen molar-refractivity contribution >= 4 is 49.1 Å². The van der Waals surface area contributed by atoms with Gasteiger partial charge in [-0.2, -0.15) is 16.8 Å². The number of carbonyl (C=O) groups excluding carboxylic acids is 1. The Kier molecular flexibility index (Phi) is 9.63. The van der Waals surface area contributed by atoms with E-state index in [2.05, 4.69) is 10.3 Å². The molecule has 0 saturated carbocycles. The fraction of sp³-hybridized carbons (Fsp3) is 0.345. The van der Waals surface area contributed by atoms with Gasteiger partial charge in [0.05, 0.1) is 5.69 Å². The first-order valence-electron chi connectivity index (χ1n) is 13.8. The fourth-order valence-corrected chi connectivity index (χ4v) is 7.24. The zero-order chi connectivity index (χ0) is 32.4. The molecule has 2 atom stereocenters. The molecule has 15 heteroatoms. The highest BCUT2D eigenvalue weighted by Crippen LogP contribution is 2.48. The van der Waals surface area contributed by atoms with E-state index < -0.39 is 48.4 Å². The molecule has 2 aliphatic rings. The van der Waals surface area contributed by atoms with E-state index >= 15 is 0 Å². The van der Waals surface area contributed by atoms with Crippen LogP contribution in [0.4, 0.5) is 5.69 Å². The largest absolute Gasteiger partial charge is 0.481 e. The summed E-state index contributed by atoms with van der Waals surface area (Å²) in [4.78, 5) is 28.3. The smallest absolute Gasteiger partial charge is 0.303 e. The van der Waals surface area contributed by atoms with E-state index in [1.54, 1.807) is 44.2 Å². The van der Waals surface area contributed by atoms with Gasteiger partial charge < -0.3 is 20.1 Å². The van der Waals surface area contributed by atoms with Crippen molar-refractivity contribution in [3.63, 3.8) is 0 Å². The van der Waals surface area contributed by atoms with Crippen molar-refractivity contribution in [2.75, 3.05) is 32.0 Å². The van der Waals surface area contributed by atoms with Gasteiger partial charge in [0.15, 0.2) is 22.5 Å². The number of carboxylic acid groups (broad SMARTS) is 1. The molecule has 5 N–H and O–H groups in total. The number of benzene rings is 2. The van der Waals surface area contributed by atoms with Gasteiger partial charge >= 0.3 is 5.97 Å². The van der Waals surface area contributed by atoms with Crippen LogP contribution in [0, 0.1) is 0 Å². The lowest BCUT2D eigenvalue weighted by Crippen LogP contribution is -2.76. The van der Waals surface area contributed by atoms with Gasteiger partial charge in [-0.05, 0) is 50.1 Å². The van der Waals surface area contributed by atoms with Crippen molar-refractivity contribution < 1.29 is 50.4 Å². The Morgan fingerprint density at radius 1 is 1.02 bits per heavy atom. The molecule has 0 radical (unpaired) electrons. The van der Waals surface area contributed by atoms with Crippen LogP contribution in [-0.4, -0.2) is 91.6 Å². The quantitative estimate of drug-likeness (QED) is 0.219. The molecule has 0 fully saturated rings. The van der Waals surface area contributed by atoms with Gasteiger partial charge in [-0.1, -0.05) is 18.2 Å². The Bertz CT molecular complexity index is 1800. The molecule has 0 bridgehead atoms. The van der Waals surface area contributed by atoms with Crippen LogP contribution >= 0.6 is 0 Å². The highest BCUT2D eigenvalue weighted by atomic mass is 32.2. The highest BCUT2D eigenvalue weighted by molar-refractivity contribution is 7.87. The number of carbonyl (C=O) groups is 2. The van der Waals surface area contributed by atoms with Crippen LogP contribution in [0.15, 0.2) is 59.0 Å². The standard InChI is InChI=1S/C29H33N3O10S2/c1-4-30-21-14-12-19-24(17-9-6-7-10-18(17)29(35)32(3)16-8-11-23(33)34)20-13-15-22(31-5-2)28(44(39,40)41)26(20)42-25(19)27(21)43(36,37)38/h6-7,9-10,12-15,25,27,31H,4-5,8,11,16H2,1-3H3,(H,33,34)(H,36,37,38)(H,39,40,41)/p+1. The molecular formula is C29H34N3O10S2+. The van der Waals surface area contributed by atoms with Crippen LogP contribution in [0.25, 0.3) is 5.57 Å². The molecular weight excluding hydrogens is 614 g/mol. The third-order valence-electron chi connectivity index (χ3n) is 7.23. The Hall–Kier alpha value is -4.05. The molecule has 0 spiro atoms. The van der Waals surface area contributed by atoms with Crippen molar-refractivity contribution in [3.05, 3.63) is 70.8 Å². The van der Waals surface area contributed by atoms with E-state index in [1.807, 2.05) is 0 Å². The number of hydrogen-bond donors (Lipinski definition) is 5. The summed E-state index contributed by atoms with van der Waals surface area (Å²) in [6.07, 6.45) is 1.63. The number of hydrogen-bond acceptors (Lipinski definition) is 8. The monoisotopic (exact) mass is 648 g/mol. The number of nitrogens with zero attached hydrogens (tertiary/aromatic N) is 1. The summed E-state index contributed by atoms with van der Waals surface area (Å²) >= 11 is 0. The second kappa shape index (κ2) is 12.9. The van der Waals surface area contributed by atoms with Crippen LogP contribution in [0.3, 0.4) is 0 Å². The number of ether oxygens (including phenoxy) is 1. The van der Waals surface area contributed by atoms with E-state index in [4.69, 9.17) is 9.84 Å². The number of amides is 1. The van der Waals surface area contributed by atoms with E-state index in [-0.39, 0.29) is 65.4 Å². The first-order valence-corrected chi connectivity index (χ1v) is 16.8. The predicted molar refractivity (Wildman–Crippen MR) is 162 cm³/mol. The van der Waals surface area contributed by atoms with Gasteiger partial charge in [0, 0.05) is 54.9 Å². The van der Waals surface area contributed by atoms with E-state index in [1.165, 1.54) is 30.2 Å². The average molecular weight is 649 g/mol. The minimum absolute atomic E-state index is 0.00437. The van der Waals surface area contributed by atoms with Crippen molar-refractivity contribution in [1.29, 1.82) is 0 Å². The summed E-state index contributed by atoms with van der Waals surface area (Å²) in [7, 11) is -8.30. The third kappa shape index (κ3) is 6.55. The minimum atomic E-state index is -4.96. The molecule has 13 nitrogen and oxygen atoms in total. The molecule has 0 saturated heterocycles. The average Bonchev–Trinajstić information content (AvgIpc) is 2.94. The van der Waals surface area contributed by atoms with E-state index in [0.29, 0.717) is 12.1 Å². The maximum atomic E-state index is 13.7. The zero-order valence-electron chi connectivity index (χ0n) is 24.3. The molecule has 236 valence electrons. The number of allylic oxidation sites excluding steroid dienone is 1. The number of aliphatic carboxylic acids is 1. The summed E-state index contributed by atoms with van der Waals surface area (Å²) in [6, 6.07) is 9.39. The van der Waals surface area contributed by atoms with Crippen molar-refractivity contribution in [3.8, 4) is 5.75 Å². The van der Waals surface area contributed by atoms with Crippen LogP contribution in [-0.2, 0) is 25.0 Å². The lowest BCUT2D eigenvalue weighted by atomic mass is 9.82. The lowest BCUT2D eigenvalue weighted by molar-refractivity contribution is -0.452. The van der Waals surface area contributed by atoms with Gasteiger partial charge in [-0.15, -0.1) is 0 Å². The normalized spacial score (nSPS) is 18.8. The Balaban J connectivity index is 2.06. The fourth-order valence-electron chi connectivity index (χ4n) is 5.43. The molecule has 1 aliphatic carbocycles. The third-order valence-corrected chi connectivity index (χ3v) is 9.29. The topological polar surface area (TPSA) is 202 Å². The van der Waals surface area contributed by atoms with Crippen molar-refractivity contribution in [2.45, 2.75) is 42.9 Å². The highest BCUT2D eigenvalue weighted by Gasteiger charge is 2.49. The summed E-state index contributed by atoms with van der Waals surface area (Å²) < 4.78 is 78.1. The molecule has 4 rings (SSSR count). The van der Waals surface area contributed by atoms with Gasteiger partial charge in [-0.3, -0.25) is 18.7 Å². The molecule has 44 heavy (non-hydrogen) atoms.